The molecule has 114 valence electrons. The predicted octanol–water partition coefficient (Wildman–Crippen LogP) is 4.16. The van der Waals surface area contributed by atoms with Gasteiger partial charge in [0.15, 0.2) is 0 Å². The van der Waals surface area contributed by atoms with Crippen LogP contribution < -0.4 is 5.32 Å². The smallest absolute Gasteiger partial charge is 0.126 e. The van der Waals surface area contributed by atoms with Crippen LogP contribution in [-0.2, 0) is 0 Å². The molecule has 1 unspecified atom stereocenters. The highest BCUT2D eigenvalue weighted by atomic mass is 35.5. The van der Waals surface area contributed by atoms with Crippen molar-refractivity contribution < 1.29 is 4.42 Å². The topological polar surface area (TPSA) is 28.4 Å². The average molecular weight is 325 g/mol. The lowest BCUT2D eigenvalue weighted by atomic mass is 9.75. The third-order valence-electron chi connectivity index (χ3n) is 4.57. The summed E-state index contributed by atoms with van der Waals surface area (Å²) < 4.78 is 6.44. The minimum atomic E-state index is 0.0786. The molecule has 1 fully saturated rings. The van der Waals surface area contributed by atoms with Crippen LogP contribution in [-0.4, -0.2) is 31.1 Å². The van der Waals surface area contributed by atoms with Crippen LogP contribution in [0.25, 0.3) is 0 Å². The highest BCUT2D eigenvalue weighted by Gasteiger charge is 2.39. The summed E-state index contributed by atoms with van der Waals surface area (Å²) >= 11 is 7.70. The van der Waals surface area contributed by atoms with Crippen molar-refractivity contribution in [3.05, 3.63) is 45.5 Å². The van der Waals surface area contributed by atoms with Crippen LogP contribution in [0.1, 0.15) is 35.9 Å². The third kappa shape index (κ3) is 3.04. The Morgan fingerprint density at radius 1 is 1.38 bits per heavy atom. The number of thiophene rings is 1. The van der Waals surface area contributed by atoms with Crippen molar-refractivity contribution in [1.29, 1.82) is 0 Å². The van der Waals surface area contributed by atoms with Crippen LogP contribution in [0, 0.1) is 0 Å². The van der Waals surface area contributed by atoms with Crippen LogP contribution >= 0.6 is 22.9 Å². The summed E-state index contributed by atoms with van der Waals surface area (Å²) in [7, 11) is 4.34. The summed E-state index contributed by atoms with van der Waals surface area (Å²) in [6, 6.07) is 8.06. The summed E-state index contributed by atoms with van der Waals surface area (Å²) in [5.41, 5.74) is 0.284. The van der Waals surface area contributed by atoms with Gasteiger partial charge in [0, 0.05) is 17.0 Å². The van der Waals surface area contributed by atoms with Crippen LogP contribution in [0.3, 0.4) is 0 Å². The second kappa shape index (κ2) is 6.13. The van der Waals surface area contributed by atoms with Crippen molar-refractivity contribution in [2.24, 2.45) is 0 Å². The zero-order valence-electron chi connectivity index (χ0n) is 12.4. The van der Waals surface area contributed by atoms with Crippen LogP contribution in [0.2, 0.25) is 4.34 Å². The first-order chi connectivity index (χ1) is 10.1. The Hall–Kier alpha value is -0.810. The Balaban J connectivity index is 1.77. The highest BCUT2D eigenvalue weighted by molar-refractivity contribution is 7.16. The lowest BCUT2D eigenvalue weighted by Gasteiger charge is -2.48. The van der Waals surface area contributed by atoms with Gasteiger partial charge in [0.05, 0.1) is 10.6 Å². The fourth-order valence-electron chi connectivity index (χ4n) is 2.94. The van der Waals surface area contributed by atoms with E-state index >= 15 is 0 Å². The molecule has 1 aliphatic rings. The Labute approximate surface area is 134 Å². The minimum absolute atomic E-state index is 0.0786. The first-order valence-corrected chi connectivity index (χ1v) is 8.50. The fourth-order valence-corrected chi connectivity index (χ4v) is 4.08. The number of hydrogen-bond donors (Lipinski definition) is 1. The summed E-state index contributed by atoms with van der Waals surface area (Å²) in [6.07, 6.45) is 5.55. The maximum Gasteiger partial charge on any atom is 0.126 e. The summed E-state index contributed by atoms with van der Waals surface area (Å²) in [6.45, 7) is 0.959. The number of nitrogens with one attached hydrogen (secondary N) is 1. The van der Waals surface area contributed by atoms with Gasteiger partial charge in [-0.3, -0.25) is 0 Å². The first-order valence-electron chi connectivity index (χ1n) is 7.30. The van der Waals surface area contributed by atoms with Gasteiger partial charge < -0.3 is 14.6 Å². The molecule has 0 spiro atoms. The predicted molar refractivity (Wildman–Crippen MR) is 88.2 cm³/mol. The van der Waals surface area contributed by atoms with E-state index in [1.165, 1.54) is 24.1 Å². The number of nitrogens with zero attached hydrogens (tertiary/aromatic N) is 1. The maximum atomic E-state index is 6.10. The van der Waals surface area contributed by atoms with E-state index in [0.717, 1.165) is 16.6 Å². The largest absolute Gasteiger partial charge is 0.467 e. The molecule has 3 rings (SSSR count). The number of rotatable bonds is 6. The molecule has 3 nitrogen and oxygen atoms in total. The van der Waals surface area contributed by atoms with Gasteiger partial charge in [-0.2, -0.15) is 0 Å². The van der Waals surface area contributed by atoms with E-state index in [1.54, 1.807) is 17.6 Å². The molecule has 0 radical (unpaired) electrons. The van der Waals surface area contributed by atoms with Crippen molar-refractivity contribution >= 4 is 22.9 Å². The van der Waals surface area contributed by atoms with Crippen LogP contribution in [0.5, 0.6) is 0 Å². The normalized spacial score (nSPS) is 18.7. The fraction of sp³-hybridized carbons (Fsp3) is 0.500. The van der Waals surface area contributed by atoms with Gasteiger partial charge in [0.2, 0.25) is 0 Å². The Morgan fingerprint density at radius 2 is 2.19 bits per heavy atom. The van der Waals surface area contributed by atoms with Gasteiger partial charge >= 0.3 is 0 Å². The van der Waals surface area contributed by atoms with E-state index in [4.69, 9.17) is 16.0 Å². The molecule has 1 aliphatic carbocycles. The van der Waals surface area contributed by atoms with E-state index in [0.29, 0.717) is 0 Å². The van der Waals surface area contributed by atoms with E-state index < -0.39 is 0 Å². The summed E-state index contributed by atoms with van der Waals surface area (Å²) in [5, 5.41) is 3.69. The second-order valence-corrected chi connectivity index (χ2v) is 7.69. The van der Waals surface area contributed by atoms with Crippen molar-refractivity contribution in [2.75, 3.05) is 20.6 Å². The zero-order valence-corrected chi connectivity index (χ0v) is 14.0. The molecule has 1 saturated carbocycles. The van der Waals surface area contributed by atoms with Gasteiger partial charge in [-0.05, 0) is 57.6 Å². The molecule has 0 saturated heterocycles. The van der Waals surface area contributed by atoms with Crippen molar-refractivity contribution in [1.82, 2.24) is 10.2 Å². The summed E-state index contributed by atoms with van der Waals surface area (Å²) in [4.78, 5) is 3.55. The number of halogens is 1. The maximum absolute atomic E-state index is 6.10. The SMILES string of the molecule is CN(C)C1(CNC(c2ccco2)c2ccc(Cl)s2)CCC1. The van der Waals surface area contributed by atoms with Gasteiger partial charge in [-0.25, -0.2) is 0 Å². The molecule has 5 heteroatoms. The molecule has 2 aromatic heterocycles. The number of furan rings is 1. The monoisotopic (exact) mass is 324 g/mol. The average Bonchev–Trinajstić information content (AvgIpc) is 3.03. The lowest BCUT2D eigenvalue weighted by molar-refractivity contribution is 0.0577. The molecule has 1 N–H and O–H groups in total. The van der Waals surface area contributed by atoms with E-state index in [-0.39, 0.29) is 11.6 Å². The minimum Gasteiger partial charge on any atom is -0.467 e. The highest BCUT2D eigenvalue weighted by Crippen LogP contribution is 2.37. The van der Waals surface area contributed by atoms with Crippen molar-refractivity contribution in [3.63, 3.8) is 0 Å². The summed E-state index contributed by atoms with van der Waals surface area (Å²) in [5.74, 6) is 0.946. The van der Waals surface area contributed by atoms with Gasteiger partial charge in [0.1, 0.15) is 11.8 Å². The standard InChI is InChI=1S/C16H21ClN2OS/c1-19(2)16(8-4-9-16)11-18-15(12-5-3-10-20-12)13-6-7-14(17)21-13/h3,5-7,10,15,18H,4,8-9,11H2,1-2H3. The Morgan fingerprint density at radius 3 is 2.67 bits per heavy atom. The molecule has 0 bridgehead atoms. The second-order valence-electron chi connectivity index (χ2n) is 5.94. The lowest BCUT2D eigenvalue weighted by Crippen LogP contribution is -2.56. The van der Waals surface area contributed by atoms with Gasteiger partial charge in [-0.1, -0.05) is 11.6 Å². The number of hydrogen-bond acceptors (Lipinski definition) is 4. The molecular formula is C16H21ClN2OS. The molecule has 1 atom stereocenters. The molecule has 2 heterocycles. The third-order valence-corrected chi connectivity index (χ3v) is 5.87. The first kappa shape index (κ1) is 15.1. The van der Waals surface area contributed by atoms with E-state index in [1.807, 2.05) is 18.2 Å². The van der Waals surface area contributed by atoms with Crippen LogP contribution in [0.4, 0.5) is 0 Å². The number of likely N-dealkylation sites (N-methyl/N-ethyl adjacent to an activating group) is 1. The van der Waals surface area contributed by atoms with Crippen LogP contribution in [0.15, 0.2) is 34.9 Å². The van der Waals surface area contributed by atoms with E-state index in [9.17, 15) is 0 Å². The van der Waals surface area contributed by atoms with Crippen molar-refractivity contribution in [2.45, 2.75) is 30.8 Å². The van der Waals surface area contributed by atoms with Gasteiger partial charge in [0.25, 0.3) is 0 Å². The molecule has 0 aliphatic heterocycles. The molecular weight excluding hydrogens is 304 g/mol. The zero-order chi connectivity index (χ0) is 14.9. The Kier molecular flexibility index (Phi) is 4.41. The Bertz CT molecular complexity index is 575. The molecule has 0 amide bonds. The molecule has 2 aromatic rings. The molecule has 21 heavy (non-hydrogen) atoms. The van der Waals surface area contributed by atoms with Crippen molar-refractivity contribution in [3.8, 4) is 0 Å². The van der Waals surface area contributed by atoms with E-state index in [2.05, 4.69) is 30.4 Å². The van der Waals surface area contributed by atoms with Gasteiger partial charge in [-0.15, -0.1) is 11.3 Å². The molecule has 0 aromatic carbocycles. The quantitative estimate of drug-likeness (QED) is 0.865.